The monoisotopic (exact) mass is 322 g/mol. The molecule has 1 aromatic heterocycles. The van der Waals surface area contributed by atoms with Gasteiger partial charge in [0.25, 0.3) is 0 Å². The number of aliphatic hydroxyl groups excluding tert-OH is 1. The molecule has 0 aromatic carbocycles. The summed E-state index contributed by atoms with van der Waals surface area (Å²) < 4.78 is 0. The Morgan fingerprint density at radius 3 is 2.77 bits per heavy atom. The van der Waals surface area contributed by atoms with E-state index in [2.05, 4.69) is 24.1 Å². The van der Waals surface area contributed by atoms with Gasteiger partial charge in [0.05, 0.1) is 6.61 Å². The molecule has 0 bridgehead atoms. The van der Waals surface area contributed by atoms with Crippen molar-refractivity contribution < 1.29 is 9.90 Å². The van der Waals surface area contributed by atoms with Crippen LogP contribution in [-0.4, -0.2) is 41.6 Å². The van der Waals surface area contributed by atoms with Crippen molar-refractivity contribution in [2.75, 3.05) is 19.6 Å². The molecule has 1 fully saturated rings. The predicted octanol–water partition coefficient (Wildman–Crippen LogP) is 2.49. The number of likely N-dealkylation sites (tertiary alicyclic amines) is 1. The number of aliphatic hydroxyl groups is 1. The van der Waals surface area contributed by atoms with Gasteiger partial charge in [0.1, 0.15) is 0 Å². The zero-order valence-corrected chi connectivity index (χ0v) is 14.2. The minimum absolute atomic E-state index is 0.0441. The Kier molecular flexibility index (Phi) is 6.61. The Morgan fingerprint density at radius 1 is 1.45 bits per heavy atom. The van der Waals surface area contributed by atoms with E-state index in [0.29, 0.717) is 18.5 Å². The minimum atomic E-state index is -0.0520. The number of carbonyl (C=O) groups is 1. The third-order valence-electron chi connectivity index (χ3n) is 4.12. The van der Waals surface area contributed by atoms with Crippen molar-refractivity contribution in [1.82, 2.24) is 10.2 Å². The maximum atomic E-state index is 12.0. The molecule has 22 heavy (non-hydrogen) atoms. The van der Waals surface area contributed by atoms with Gasteiger partial charge in [0.2, 0.25) is 5.91 Å². The van der Waals surface area contributed by atoms with E-state index in [-0.39, 0.29) is 12.5 Å². The first-order valence-corrected chi connectivity index (χ1v) is 8.86. The lowest BCUT2D eigenvalue weighted by Gasteiger charge is -2.30. The number of hydrogen-bond acceptors (Lipinski definition) is 4. The molecule has 1 aliphatic heterocycles. The number of thiophene rings is 1. The summed E-state index contributed by atoms with van der Waals surface area (Å²) >= 11 is 1.53. The van der Waals surface area contributed by atoms with Crippen molar-refractivity contribution in [3.63, 3.8) is 0 Å². The van der Waals surface area contributed by atoms with Crippen LogP contribution in [0.2, 0.25) is 0 Å². The van der Waals surface area contributed by atoms with E-state index in [1.807, 2.05) is 11.4 Å². The van der Waals surface area contributed by atoms with E-state index in [0.717, 1.165) is 23.5 Å². The lowest BCUT2D eigenvalue weighted by atomic mass is 10.0. The highest BCUT2D eigenvalue weighted by atomic mass is 32.1. The summed E-state index contributed by atoms with van der Waals surface area (Å²) in [6.45, 7) is 7.47. The Bertz CT molecular complexity index is 505. The van der Waals surface area contributed by atoms with Gasteiger partial charge in [-0.05, 0) is 54.9 Å². The van der Waals surface area contributed by atoms with E-state index < -0.39 is 0 Å². The SMILES string of the molecule is CC(C)C(CNC(=O)/C=C/c1cc(CO)cs1)N1CCCC1. The first-order valence-electron chi connectivity index (χ1n) is 7.98. The van der Waals surface area contributed by atoms with Gasteiger partial charge < -0.3 is 10.4 Å². The van der Waals surface area contributed by atoms with E-state index in [1.54, 1.807) is 12.2 Å². The minimum Gasteiger partial charge on any atom is -0.392 e. The van der Waals surface area contributed by atoms with Crippen molar-refractivity contribution in [2.45, 2.75) is 39.3 Å². The molecule has 0 aliphatic carbocycles. The molecule has 1 amide bonds. The quantitative estimate of drug-likeness (QED) is 0.758. The smallest absolute Gasteiger partial charge is 0.244 e. The van der Waals surface area contributed by atoms with Crippen LogP contribution in [0.4, 0.5) is 0 Å². The van der Waals surface area contributed by atoms with E-state index in [1.165, 1.54) is 24.2 Å². The van der Waals surface area contributed by atoms with E-state index in [4.69, 9.17) is 5.11 Å². The van der Waals surface area contributed by atoms with Crippen LogP contribution < -0.4 is 5.32 Å². The molecule has 122 valence electrons. The van der Waals surface area contributed by atoms with Gasteiger partial charge in [0, 0.05) is 23.5 Å². The standard InChI is InChI=1S/C17H26N2O2S/c1-13(2)16(19-7-3-4-8-19)10-18-17(21)6-5-15-9-14(11-20)12-22-15/h5-6,9,12-13,16,20H,3-4,7-8,10-11H2,1-2H3,(H,18,21)/b6-5+. The highest BCUT2D eigenvalue weighted by molar-refractivity contribution is 7.11. The molecule has 5 heteroatoms. The zero-order valence-electron chi connectivity index (χ0n) is 13.4. The van der Waals surface area contributed by atoms with Crippen molar-refractivity contribution in [2.24, 2.45) is 5.92 Å². The number of nitrogens with zero attached hydrogens (tertiary/aromatic N) is 1. The third-order valence-corrected chi connectivity index (χ3v) is 5.07. The molecule has 2 N–H and O–H groups in total. The fourth-order valence-electron chi connectivity index (χ4n) is 2.85. The van der Waals surface area contributed by atoms with Crippen LogP contribution in [-0.2, 0) is 11.4 Å². The molecule has 2 heterocycles. The number of hydrogen-bond donors (Lipinski definition) is 2. The second-order valence-corrected chi connectivity index (χ2v) is 7.09. The van der Waals surface area contributed by atoms with Crippen LogP contribution in [0, 0.1) is 5.92 Å². The second-order valence-electron chi connectivity index (χ2n) is 6.15. The molecule has 1 saturated heterocycles. The van der Waals surface area contributed by atoms with Gasteiger partial charge >= 0.3 is 0 Å². The molecule has 1 aliphatic rings. The first-order chi connectivity index (χ1) is 10.6. The molecule has 1 aromatic rings. The largest absolute Gasteiger partial charge is 0.392 e. The second kappa shape index (κ2) is 8.46. The molecule has 4 nitrogen and oxygen atoms in total. The van der Waals surface area contributed by atoms with Crippen LogP contribution in [0.25, 0.3) is 6.08 Å². The summed E-state index contributed by atoms with van der Waals surface area (Å²) in [7, 11) is 0. The molecule has 0 spiro atoms. The van der Waals surface area contributed by atoms with Crippen LogP contribution in [0.5, 0.6) is 0 Å². The summed E-state index contributed by atoms with van der Waals surface area (Å²) in [5.74, 6) is 0.482. The predicted molar refractivity (Wildman–Crippen MR) is 91.7 cm³/mol. The number of carbonyl (C=O) groups excluding carboxylic acids is 1. The summed E-state index contributed by atoms with van der Waals surface area (Å²) in [6.07, 6.45) is 5.92. The van der Waals surface area contributed by atoms with Crippen LogP contribution in [0.15, 0.2) is 17.5 Å². The highest BCUT2D eigenvalue weighted by Crippen LogP contribution is 2.18. The maximum absolute atomic E-state index is 12.0. The van der Waals surface area contributed by atoms with E-state index in [9.17, 15) is 4.79 Å². The maximum Gasteiger partial charge on any atom is 0.244 e. The average Bonchev–Trinajstić information content (AvgIpc) is 3.16. The van der Waals surface area contributed by atoms with Gasteiger partial charge in [0.15, 0.2) is 0 Å². The third kappa shape index (κ3) is 4.93. The molecular weight excluding hydrogens is 296 g/mol. The lowest BCUT2D eigenvalue weighted by molar-refractivity contribution is -0.116. The summed E-state index contributed by atoms with van der Waals surface area (Å²) in [6, 6.07) is 2.32. The fraction of sp³-hybridized carbons (Fsp3) is 0.588. The van der Waals surface area contributed by atoms with Gasteiger partial charge in [-0.2, -0.15) is 0 Å². The number of rotatable bonds is 7. The van der Waals surface area contributed by atoms with Gasteiger partial charge in [-0.1, -0.05) is 13.8 Å². The van der Waals surface area contributed by atoms with Gasteiger partial charge in [-0.15, -0.1) is 11.3 Å². The summed E-state index contributed by atoms with van der Waals surface area (Å²) in [5.41, 5.74) is 0.888. The Labute approximate surface area is 136 Å². The van der Waals surface area contributed by atoms with Crippen molar-refractivity contribution >= 4 is 23.3 Å². The molecule has 1 unspecified atom stereocenters. The Hall–Kier alpha value is -1.17. The summed E-state index contributed by atoms with van der Waals surface area (Å²) in [5, 5.41) is 14.0. The number of nitrogens with one attached hydrogen (secondary N) is 1. The highest BCUT2D eigenvalue weighted by Gasteiger charge is 2.24. The Balaban J connectivity index is 1.82. The van der Waals surface area contributed by atoms with Gasteiger partial charge in [-0.3, -0.25) is 9.69 Å². The van der Waals surface area contributed by atoms with E-state index >= 15 is 0 Å². The molecule has 0 saturated carbocycles. The Morgan fingerprint density at radius 2 is 2.18 bits per heavy atom. The lowest BCUT2D eigenvalue weighted by Crippen LogP contribution is -2.45. The van der Waals surface area contributed by atoms with Gasteiger partial charge in [-0.25, -0.2) is 0 Å². The van der Waals surface area contributed by atoms with Crippen LogP contribution in [0.1, 0.15) is 37.1 Å². The normalized spacial score (nSPS) is 17.5. The first kappa shape index (κ1) is 17.2. The molecule has 1 atom stereocenters. The van der Waals surface area contributed by atoms with Crippen molar-refractivity contribution in [3.05, 3.63) is 28.0 Å². The topological polar surface area (TPSA) is 52.6 Å². The van der Waals surface area contributed by atoms with Crippen molar-refractivity contribution in [1.29, 1.82) is 0 Å². The fourth-order valence-corrected chi connectivity index (χ4v) is 3.64. The van der Waals surface area contributed by atoms with Crippen LogP contribution >= 0.6 is 11.3 Å². The molecular formula is C17H26N2O2S. The summed E-state index contributed by atoms with van der Waals surface area (Å²) in [4.78, 5) is 15.4. The zero-order chi connectivity index (χ0) is 15.9. The number of amides is 1. The van der Waals surface area contributed by atoms with Crippen LogP contribution in [0.3, 0.4) is 0 Å². The molecule has 0 radical (unpaired) electrons. The average molecular weight is 322 g/mol. The van der Waals surface area contributed by atoms with Crippen molar-refractivity contribution in [3.8, 4) is 0 Å². The molecule has 2 rings (SSSR count).